The molecule has 1 aromatic heterocycles. The summed E-state index contributed by atoms with van der Waals surface area (Å²) in [5, 5.41) is 6.64. The first-order valence-corrected chi connectivity index (χ1v) is 10.7. The molecule has 156 valence electrons. The number of nitrogens with one attached hydrogen (secondary N) is 2. The Morgan fingerprint density at radius 2 is 1.87 bits per heavy atom. The van der Waals surface area contributed by atoms with Crippen LogP contribution in [-0.4, -0.2) is 53.6 Å². The lowest BCUT2D eigenvalue weighted by Gasteiger charge is -2.35. The molecule has 1 saturated heterocycles. The SMILES string of the molecule is Cc1cc(Nc2ncc(F)c(N[C@@]34C5C=C[C@@H]3[C@@]54C)n2)ccc1N1CCN(C)CC1. The third-order valence-corrected chi connectivity index (χ3v) is 7.86. The molecule has 0 radical (unpaired) electrons. The Balaban J connectivity index is 1.18. The summed E-state index contributed by atoms with van der Waals surface area (Å²) in [5.41, 5.74) is 3.62. The minimum Gasteiger partial charge on any atom is -0.369 e. The van der Waals surface area contributed by atoms with E-state index in [2.05, 4.69) is 75.6 Å². The van der Waals surface area contributed by atoms with E-state index in [4.69, 9.17) is 0 Å². The average Bonchev–Trinajstić information content (AvgIpc) is 3.20. The van der Waals surface area contributed by atoms with Gasteiger partial charge in [-0.25, -0.2) is 9.37 Å². The second kappa shape index (κ2) is 5.94. The molecule has 30 heavy (non-hydrogen) atoms. The van der Waals surface area contributed by atoms with Crippen molar-refractivity contribution in [3.05, 3.63) is 47.9 Å². The van der Waals surface area contributed by atoms with Gasteiger partial charge in [-0.15, -0.1) is 0 Å². The van der Waals surface area contributed by atoms with Crippen molar-refractivity contribution in [1.29, 1.82) is 0 Å². The average molecular weight is 407 g/mol. The van der Waals surface area contributed by atoms with Crippen LogP contribution in [0.1, 0.15) is 12.5 Å². The van der Waals surface area contributed by atoms with Crippen LogP contribution >= 0.6 is 0 Å². The van der Waals surface area contributed by atoms with Gasteiger partial charge in [0, 0.05) is 54.8 Å². The number of aryl methyl sites for hydroxylation is 1. The summed E-state index contributed by atoms with van der Waals surface area (Å²) in [5.74, 6) is 1.30. The molecule has 4 aliphatic carbocycles. The molecule has 2 saturated carbocycles. The monoisotopic (exact) mass is 406 g/mol. The fourth-order valence-electron chi connectivity index (χ4n) is 5.89. The van der Waals surface area contributed by atoms with Crippen molar-refractivity contribution in [2.75, 3.05) is 48.8 Å². The number of rotatable bonds is 5. The molecule has 1 aliphatic heterocycles. The maximum Gasteiger partial charge on any atom is 0.229 e. The van der Waals surface area contributed by atoms with Gasteiger partial charge in [0.25, 0.3) is 0 Å². The van der Waals surface area contributed by atoms with Gasteiger partial charge in [-0.3, -0.25) is 0 Å². The maximum absolute atomic E-state index is 14.4. The van der Waals surface area contributed by atoms with Gasteiger partial charge in [-0.2, -0.15) is 4.98 Å². The largest absolute Gasteiger partial charge is 0.369 e. The molecule has 2 bridgehead atoms. The first-order chi connectivity index (χ1) is 14.4. The number of benzene rings is 1. The van der Waals surface area contributed by atoms with Gasteiger partial charge < -0.3 is 20.4 Å². The van der Waals surface area contributed by atoms with E-state index in [1.807, 2.05) is 6.07 Å². The minimum atomic E-state index is -0.405. The van der Waals surface area contributed by atoms with E-state index in [1.165, 1.54) is 17.4 Å². The number of anilines is 4. The molecule has 2 N–H and O–H groups in total. The Kier molecular flexibility index (Phi) is 3.59. The standard InChI is InChI=1S/C23H27FN6/c1-14-12-15(4-5-17(14)30-10-8-29(3)9-11-30)26-21-25-13-16(24)20(27-21)28-23-18-6-7-19(23)22(18,23)2/h4-7,12-13,18-19H,8-11H2,1-3H3,(H2,25,26,27,28)/t18-,19?,22+,23-/m1/s1. The van der Waals surface area contributed by atoms with E-state index >= 15 is 0 Å². The first kappa shape index (κ1) is 18.1. The highest BCUT2D eigenvalue weighted by atomic mass is 19.1. The van der Waals surface area contributed by atoms with E-state index in [1.54, 1.807) is 0 Å². The third kappa shape index (κ3) is 2.32. The molecule has 3 fully saturated rings. The number of aromatic nitrogens is 2. The van der Waals surface area contributed by atoms with Crippen molar-refractivity contribution in [3.63, 3.8) is 0 Å². The molecule has 7 heteroatoms. The molecule has 5 aliphatic rings. The Morgan fingerprint density at radius 1 is 1.13 bits per heavy atom. The Morgan fingerprint density at radius 3 is 2.53 bits per heavy atom. The van der Waals surface area contributed by atoms with Gasteiger partial charge in [0.1, 0.15) is 0 Å². The number of nitrogens with zero attached hydrogens (tertiary/aromatic N) is 4. The minimum absolute atomic E-state index is 0.0137. The number of halogens is 1. The lowest BCUT2D eigenvalue weighted by Crippen LogP contribution is -2.44. The smallest absolute Gasteiger partial charge is 0.229 e. The molecule has 4 atom stereocenters. The molecule has 0 amide bonds. The van der Waals surface area contributed by atoms with Crippen LogP contribution in [0.25, 0.3) is 0 Å². The van der Waals surface area contributed by atoms with Crippen LogP contribution in [0.4, 0.5) is 27.5 Å². The quantitative estimate of drug-likeness (QED) is 0.743. The van der Waals surface area contributed by atoms with E-state index in [-0.39, 0.29) is 11.0 Å². The molecule has 2 aromatic rings. The van der Waals surface area contributed by atoms with Crippen LogP contribution < -0.4 is 15.5 Å². The van der Waals surface area contributed by atoms with Crippen molar-refractivity contribution >= 4 is 23.1 Å². The Labute approximate surface area is 176 Å². The van der Waals surface area contributed by atoms with Crippen LogP contribution in [-0.2, 0) is 0 Å². The lowest BCUT2D eigenvalue weighted by molar-refractivity contribution is 0.312. The predicted octanol–water partition coefficient (Wildman–Crippen LogP) is 3.41. The van der Waals surface area contributed by atoms with Crippen molar-refractivity contribution in [2.45, 2.75) is 19.4 Å². The predicted molar refractivity (Wildman–Crippen MR) is 117 cm³/mol. The van der Waals surface area contributed by atoms with Crippen LogP contribution in [0.2, 0.25) is 0 Å². The van der Waals surface area contributed by atoms with Crippen molar-refractivity contribution in [1.82, 2.24) is 14.9 Å². The number of likely N-dealkylation sites (N-methyl/N-ethyl adjacent to an activating group) is 1. The molecule has 0 spiro atoms. The Hall–Kier alpha value is -2.67. The van der Waals surface area contributed by atoms with Gasteiger partial charge in [-0.1, -0.05) is 19.1 Å². The summed E-state index contributed by atoms with van der Waals surface area (Å²) in [4.78, 5) is 13.4. The van der Waals surface area contributed by atoms with E-state index < -0.39 is 5.82 Å². The number of hydrogen-bond donors (Lipinski definition) is 2. The summed E-state index contributed by atoms with van der Waals surface area (Å²) < 4.78 is 14.4. The van der Waals surface area contributed by atoms with E-state index in [0.717, 1.165) is 31.9 Å². The zero-order valence-electron chi connectivity index (χ0n) is 17.6. The second-order valence-corrected chi connectivity index (χ2v) is 9.42. The Bertz CT molecular complexity index is 1040. The van der Waals surface area contributed by atoms with Gasteiger partial charge >= 0.3 is 0 Å². The fraction of sp³-hybridized carbons (Fsp3) is 0.478. The molecule has 6 nitrogen and oxygen atoms in total. The lowest BCUT2D eigenvalue weighted by atomic mass is 10.1. The summed E-state index contributed by atoms with van der Waals surface area (Å²) in [7, 11) is 2.16. The molecule has 2 heterocycles. The second-order valence-electron chi connectivity index (χ2n) is 9.42. The molecule has 1 unspecified atom stereocenters. The fourth-order valence-corrected chi connectivity index (χ4v) is 5.89. The van der Waals surface area contributed by atoms with Crippen molar-refractivity contribution in [2.24, 2.45) is 17.3 Å². The van der Waals surface area contributed by atoms with Gasteiger partial charge in [-0.05, 0) is 37.7 Å². The van der Waals surface area contributed by atoms with Gasteiger partial charge in [0.15, 0.2) is 11.6 Å². The third-order valence-electron chi connectivity index (χ3n) is 7.86. The molecular weight excluding hydrogens is 379 g/mol. The number of piperazine rings is 1. The molecule has 1 aromatic carbocycles. The maximum atomic E-state index is 14.4. The highest BCUT2D eigenvalue weighted by Gasteiger charge is 2.96. The summed E-state index contributed by atoms with van der Waals surface area (Å²) in [6.07, 6.45) is 5.75. The van der Waals surface area contributed by atoms with Crippen LogP contribution in [0, 0.1) is 30.0 Å². The molecular formula is C23H27FN6. The topological polar surface area (TPSA) is 56.3 Å². The van der Waals surface area contributed by atoms with E-state index in [0.29, 0.717) is 23.6 Å². The van der Waals surface area contributed by atoms with Gasteiger partial charge in [0.2, 0.25) is 5.95 Å². The summed E-state index contributed by atoms with van der Waals surface area (Å²) in [6.45, 7) is 8.63. The van der Waals surface area contributed by atoms with Crippen molar-refractivity contribution in [3.8, 4) is 0 Å². The van der Waals surface area contributed by atoms with Crippen LogP contribution in [0.5, 0.6) is 0 Å². The van der Waals surface area contributed by atoms with Crippen LogP contribution in [0.3, 0.4) is 0 Å². The number of hydrogen-bond acceptors (Lipinski definition) is 6. The van der Waals surface area contributed by atoms with Crippen LogP contribution in [0.15, 0.2) is 36.5 Å². The highest BCUT2D eigenvalue weighted by Crippen LogP contribution is 2.91. The highest BCUT2D eigenvalue weighted by molar-refractivity contribution is 5.68. The first-order valence-electron chi connectivity index (χ1n) is 10.7. The zero-order chi connectivity index (χ0) is 20.7. The molecule has 7 rings (SSSR count). The summed E-state index contributed by atoms with van der Waals surface area (Å²) in [6, 6.07) is 6.30. The van der Waals surface area contributed by atoms with Gasteiger partial charge in [0.05, 0.1) is 11.7 Å². The van der Waals surface area contributed by atoms with E-state index in [9.17, 15) is 4.39 Å². The zero-order valence-corrected chi connectivity index (χ0v) is 17.6. The normalized spacial score (nSPS) is 33.4. The van der Waals surface area contributed by atoms with Crippen molar-refractivity contribution < 1.29 is 4.39 Å². The summed E-state index contributed by atoms with van der Waals surface area (Å²) >= 11 is 0.